The van der Waals surface area contributed by atoms with Crippen LogP contribution in [0.1, 0.15) is 18.8 Å². The summed E-state index contributed by atoms with van der Waals surface area (Å²) in [6.45, 7) is 6.22. The molecule has 0 saturated carbocycles. The van der Waals surface area contributed by atoms with Gasteiger partial charge in [-0.2, -0.15) is 4.98 Å². The van der Waals surface area contributed by atoms with Crippen LogP contribution in [0.4, 0.5) is 0 Å². The number of nitrogens with zero attached hydrogens (tertiary/aromatic N) is 3. The number of nitrogens with one attached hydrogen (secondary N) is 1. The lowest BCUT2D eigenvalue weighted by Crippen LogP contribution is -2.44. The predicted octanol–water partition coefficient (Wildman–Crippen LogP) is 2.31. The van der Waals surface area contributed by atoms with Crippen molar-refractivity contribution in [3.63, 3.8) is 0 Å². The van der Waals surface area contributed by atoms with E-state index >= 15 is 0 Å². The van der Waals surface area contributed by atoms with Crippen LogP contribution >= 0.6 is 22.6 Å². The van der Waals surface area contributed by atoms with Crippen LogP contribution in [0, 0.1) is 3.57 Å². The number of hydrogen-bond acceptors (Lipinski definition) is 5. The van der Waals surface area contributed by atoms with Gasteiger partial charge in [-0.3, -0.25) is 4.90 Å². The third kappa shape index (κ3) is 3.02. The van der Waals surface area contributed by atoms with Crippen molar-refractivity contribution in [2.24, 2.45) is 0 Å². The standard InChI is InChI=1S/C14H17IN4O/c1-10(19-7-5-16-6-8-19)13-17-14(20-18-13)11-3-2-4-12(15)9-11/h2-4,9-10,16H,5-8H2,1H3. The van der Waals surface area contributed by atoms with E-state index < -0.39 is 0 Å². The second-order valence-electron chi connectivity index (χ2n) is 4.93. The van der Waals surface area contributed by atoms with E-state index in [1.165, 1.54) is 0 Å². The lowest BCUT2D eigenvalue weighted by atomic mass is 10.2. The van der Waals surface area contributed by atoms with E-state index in [9.17, 15) is 0 Å². The maximum absolute atomic E-state index is 5.41. The third-order valence-electron chi connectivity index (χ3n) is 3.59. The van der Waals surface area contributed by atoms with Gasteiger partial charge in [0.1, 0.15) is 0 Å². The largest absolute Gasteiger partial charge is 0.334 e. The Labute approximate surface area is 131 Å². The average Bonchev–Trinajstić information content (AvgIpc) is 2.97. The zero-order valence-corrected chi connectivity index (χ0v) is 13.5. The molecule has 5 nitrogen and oxygen atoms in total. The minimum absolute atomic E-state index is 0.192. The highest BCUT2D eigenvalue weighted by molar-refractivity contribution is 14.1. The monoisotopic (exact) mass is 384 g/mol. The molecule has 3 rings (SSSR count). The molecule has 0 aliphatic carbocycles. The molecule has 0 spiro atoms. The molecule has 6 heteroatoms. The molecule has 1 aromatic heterocycles. The molecule has 0 amide bonds. The molecule has 0 bridgehead atoms. The van der Waals surface area contributed by atoms with Crippen LogP contribution in [0.15, 0.2) is 28.8 Å². The van der Waals surface area contributed by atoms with Crippen LogP contribution in [-0.2, 0) is 0 Å². The first kappa shape index (κ1) is 14.0. The number of hydrogen-bond donors (Lipinski definition) is 1. The van der Waals surface area contributed by atoms with E-state index in [-0.39, 0.29) is 6.04 Å². The molecule has 1 unspecified atom stereocenters. The van der Waals surface area contributed by atoms with Gasteiger partial charge in [0.25, 0.3) is 5.89 Å². The fourth-order valence-electron chi connectivity index (χ4n) is 2.38. The van der Waals surface area contributed by atoms with Crippen molar-refractivity contribution in [2.75, 3.05) is 26.2 Å². The molecule has 1 N–H and O–H groups in total. The average molecular weight is 384 g/mol. The molecule has 1 saturated heterocycles. The van der Waals surface area contributed by atoms with Gasteiger partial charge >= 0.3 is 0 Å². The van der Waals surface area contributed by atoms with E-state index in [0.29, 0.717) is 5.89 Å². The first-order chi connectivity index (χ1) is 9.74. The van der Waals surface area contributed by atoms with Crippen molar-refractivity contribution in [1.29, 1.82) is 0 Å². The summed E-state index contributed by atoms with van der Waals surface area (Å²) in [7, 11) is 0. The highest BCUT2D eigenvalue weighted by Crippen LogP contribution is 2.23. The number of aromatic nitrogens is 2. The summed E-state index contributed by atoms with van der Waals surface area (Å²) in [5.74, 6) is 1.36. The van der Waals surface area contributed by atoms with E-state index in [0.717, 1.165) is 41.1 Å². The molecular formula is C14H17IN4O. The van der Waals surface area contributed by atoms with Crippen molar-refractivity contribution in [3.8, 4) is 11.5 Å². The zero-order valence-electron chi connectivity index (χ0n) is 11.3. The summed E-state index contributed by atoms with van der Waals surface area (Å²) in [5, 5.41) is 7.50. The van der Waals surface area contributed by atoms with Crippen molar-refractivity contribution >= 4 is 22.6 Å². The molecule has 1 aliphatic heterocycles. The molecule has 0 radical (unpaired) electrons. The summed E-state index contributed by atoms with van der Waals surface area (Å²) in [6, 6.07) is 8.28. The van der Waals surface area contributed by atoms with E-state index in [2.05, 4.69) is 49.9 Å². The molecule has 1 aliphatic rings. The van der Waals surface area contributed by atoms with Gasteiger partial charge < -0.3 is 9.84 Å². The molecule has 106 valence electrons. The molecule has 1 fully saturated rings. The first-order valence-electron chi connectivity index (χ1n) is 6.78. The van der Waals surface area contributed by atoms with Gasteiger partial charge in [0.15, 0.2) is 5.82 Å². The highest BCUT2D eigenvalue weighted by Gasteiger charge is 2.22. The first-order valence-corrected chi connectivity index (χ1v) is 7.86. The van der Waals surface area contributed by atoms with Crippen molar-refractivity contribution in [2.45, 2.75) is 13.0 Å². The van der Waals surface area contributed by atoms with Crippen LogP contribution in [0.25, 0.3) is 11.5 Å². The van der Waals surface area contributed by atoms with Crippen LogP contribution in [0.5, 0.6) is 0 Å². The maximum atomic E-state index is 5.41. The van der Waals surface area contributed by atoms with E-state index in [1.807, 2.05) is 24.3 Å². The van der Waals surface area contributed by atoms with Crippen molar-refractivity contribution in [1.82, 2.24) is 20.4 Å². The SMILES string of the molecule is CC(c1noc(-c2cccc(I)c2)n1)N1CCNCC1. The fourth-order valence-corrected chi connectivity index (χ4v) is 2.92. The van der Waals surface area contributed by atoms with Gasteiger partial charge in [-0.25, -0.2) is 0 Å². The van der Waals surface area contributed by atoms with E-state index in [4.69, 9.17) is 4.52 Å². The van der Waals surface area contributed by atoms with Crippen molar-refractivity contribution in [3.05, 3.63) is 33.7 Å². The van der Waals surface area contributed by atoms with Gasteiger partial charge in [-0.1, -0.05) is 11.2 Å². The maximum Gasteiger partial charge on any atom is 0.258 e. The van der Waals surface area contributed by atoms with Crippen LogP contribution in [-0.4, -0.2) is 41.2 Å². The summed E-state index contributed by atoms with van der Waals surface area (Å²) in [4.78, 5) is 6.93. The minimum Gasteiger partial charge on any atom is -0.334 e. The topological polar surface area (TPSA) is 54.2 Å². The molecule has 20 heavy (non-hydrogen) atoms. The Balaban J connectivity index is 1.79. The Bertz CT molecular complexity index is 580. The molecule has 2 heterocycles. The highest BCUT2D eigenvalue weighted by atomic mass is 127. The Kier molecular flexibility index (Phi) is 4.32. The van der Waals surface area contributed by atoms with Crippen LogP contribution < -0.4 is 5.32 Å². The minimum atomic E-state index is 0.192. The van der Waals surface area contributed by atoms with E-state index in [1.54, 1.807) is 0 Å². The van der Waals surface area contributed by atoms with Gasteiger partial charge in [0, 0.05) is 35.3 Å². The number of rotatable bonds is 3. The lowest BCUT2D eigenvalue weighted by molar-refractivity contribution is 0.176. The Hall–Kier alpha value is -0.990. The molecular weight excluding hydrogens is 367 g/mol. The number of halogens is 1. The fraction of sp³-hybridized carbons (Fsp3) is 0.429. The number of piperazine rings is 1. The summed E-state index contributed by atoms with van der Waals surface area (Å²) in [6.07, 6.45) is 0. The molecule has 1 atom stereocenters. The second kappa shape index (κ2) is 6.19. The van der Waals surface area contributed by atoms with Gasteiger partial charge in [0.2, 0.25) is 0 Å². The quantitative estimate of drug-likeness (QED) is 0.824. The Morgan fingerprint density at radius 1 is 1.35 bits per heavy atom. The summed E-state index contributed by atoms with van der Waals surface area (Å²) >= 11 is 2.28. The normalized spacial score (nSPS) is 18.1. The lowest BCUT2D eigenvalue weighted by Gasteiger charge is -2.30. The molecule has 2 aromatic rings. The van der Waals surface area contributed by atoms with Gasteiger partial charge in [0.05, 0.1) is 6.04 Å². The third-order valence-corrected chi connectivity index (χ3v) is 4.26. The van der Waals surface area contributed by atoms with Crippen LogP contribution in [0.2, 0.25) is 0 Å². The number of benzene rings is 1. The molecule has 1 aromatic carbocycles. The second-order valence-corrected chi connectivity index (χ2v) is 6.18. The van der Waals surface area contributed by atoms with Gasteiger partial charge in [-0.05, 0) is 47.7 Å². The Morgan fingerprint density at radius 2 is 2.15 bits per heavy atom. The van der Waals surface area contributed by atoms with Gasteiger partial charge in [-0.15, -0.1) is 0 Å². The smallest absolute Gasteiger partial charge is 0.258 e. The summed E-state index contributed by atoms with van der Waals surface area (Å²) in [5.41, 5.74) is 0.975. The van der Waals surface area contributed by atoms with Crippen LogP contribution in [0.3, 0.4) is 0 Å². The van der Waals surface area contributed by atoms with Crippen molar-refractivity contribution < 1.29 is 4.52 Å². The summed E-state index contributed by atoms with van der Waals surface area (Å²) < 4.78 is 6.57. The Morgan fingerprint density at radius 3 is 2.90 bits per heavy atom. The zero-order chi connectivity index (χ0) is 13.9. The predicted molar refractivity (Wildman–Crippen MR) is 85.3 cm³/mol.